The number of fused-ring (bicyclic) bond motifs is 1. The highest BCUT2D eigenvalue weighted by Crippen LogP contribution is 2.28. The van der Waals surface area contributed by atoms with E-state index in [1.807, 2.05) is 30.8 Å². The summed E-state index contributed by atoms with van der Waals surface area (Å²) in [6, 6.07) is 3.97. The third kappa shape index (κ3) is 3.11. The van der Waals surface area contributed by atoms with Crippen LogP contribution in [-0.2, 0) is 13.6 Å². The zero-order valence-electron chi connectivity index (χ0n) is 15.1. The number of aryl methyl sites for hydroxylation is 3. The minimum atomic E-state index is 0.410. The van der Waals surface area contributed by atoms with Crippen molar-refractivity contribution in [3.05, 3.63) is 41.0 Å². The van der Waals surface area contributed by atoms with E-state index < -0.39 is 0 Å². The lowest BCUT2D eigenvalue weighted by Gasteiger charge is -2.32. The number of nitrogens with two attached hydrogens (primary N) is 1. The standard InChI is InChI=1S/C18H25N7/c1-12-7-18-20-16(8-17(19)25(18)21-12)14-5-4-6-24(10-14)11-15-9-23(3)22-13(15)2/h7-9,14H,4-6,10-11,19H2,1-3H3/t14-/m0/s1. The molecule has 1 atom stereocenters. The van der Waals surface area contributed by atoms with Gasteiger partial charge in [-0.05, 0) is 33.2 Å². The molecule has 7 heteroatoms. The van der Waals surface area contributed by atoms with Gasteiger partial charge in [-0.15, -0.1) is 0 Å². The van der Waals surface area contributed by atoms with Crippen LogP contribution in [0.15, 0.2) is 18.3 Å². The van der Waals surface area contributed by atoms with E-state index in [4.69, 9.17) is 10.7 Å². The molecule has 0 aliphatic carbocycles. The third-order valence-electron chi connectivity index (χ3n) is 5.03. The number of aromatic nitrogens is 5. The summed E-state index contributed by atoms with van der Waals surface area (Å²) in [5.41, 5.74) is 11.5. The lowest BCUT2D eigenvalue weighted by atomic mass is 9.94. The molecule has 132 valence electrons. The molecule has 4 rings (SSSR count). The maximum absolute atomic E-state index is 6.19. The molecule has 3 aromatic heterocycles. The minimum absolute atomic E-state index is 0.410. The molecule has 0 unspecified atom stereocenters. The Bertz CT molecular complexity index is 908. The number of nitrogen functional groups attached to an aromatic ring is 1. The van der Waals surface area contributed by atoms with E-state index >= 15 is 0 Å². The largest absolute Gasteiger partial charge is 0.384 e. The minimum Gasteiger partial charge on any atom is -0.384 e. The third-order valence-corrected chi connectivity index (χ3v) is 5.03. The molecule has 3 aromatic rings. The van der Waals surface area contributed by atoms with Crippen molar-refractivity contribution in [2.75, 3.05) is 18.8 Å². The van der Waals surface area contributed by atoms with Crippen LogP contribution in [0.5, 0.6) is 0 Å². The Morgan fingerprint density at radius 3 is 2.84 bits per heavy atom. The van der Waals surface area contributed by atoms with Gasteiger partial charge in [-0.3, -0.25) is 9.58 Å². The topological polar surface area (TPSA) is 77.3 Å². The second kappa shape index (κ2) is 6.15. The van der Waals surface area contributed by atoms with Crippen molar-refractivity contribution in [3.8, 4) is 0 Å². The fraction of sp³-hybridized carbons (Fsp3) is 0.500. The van der Waals surface area contributed by atoms with Crippen molar-refractivity contribution < 1.29 is 0 Å². The Labute approximate surface area is 147 Å². The molecule has 1 saturated heterocycles. The molecule has 0 radical (unpaired) electrons. The van der Waals surface area contributed by atoms with Crippen molar-refractivity contribution in [1.29, 1.82) is 0 Å². The van der Waals surface area contributed by atoms with Crippen LogP contribution < -0.4 is 5.73 Å². The van der Waals surface area contributed by atoms with Gasteiger partial charge < -0.3 is 5.73 Å². The van der Waals surface area contributed by atoms with Crippen molar-refractivity contribution in [3.63, 3.8) is 0 Å². The first-order valence-corrected chi connectivity index (χ1v) is 8.84. The Hall–Kier alpha value is -2.41. The first-order chi connectivity index (χ1) is 12.0. The zero-order valence-corrected chi connectivity index (χ0v) is 15.1. The quantitative estimate of drug-likeness (QED) is 0.790. The van der Waals surface area contributed by atoms with Gasteiger partial charge in [0, 0.05) is 49.9 Å². The predicted octanol–water partition coefficient (Wildman–Crippen LogP) is 2.04. The lowest BCUT2D eigenvalue weighted by molar-refractivity contribution is 0.198. The van der Waals surface area contributed by atoms with Gasteiger partial charge in [0.1, 0.15) is 5.82 Å². The Morgan fingerprint density at radius 1 is 1.24 bits per heavy atom. The van der Waals surface area contributed by atoms with Gasteiger partial charge in [0.05, 0.1) is 17.1 Å². The summed E-state index contributed by atoms with van der Waals surface area (Å²) >= 11 is 0. The highest BCUT2D eigenvalue weighted by atomic mass is 15.3. The van der Waals surface area contributed by atoms with E-state index in [9.17, 15) is 0 Å². The van der Waals surface area contributed by atoms with Crippen LogP contribution in [0.1, 0.15) is 41.4 Å². The summed E-state index contributed by atoms with van der Waals surface area (Å²) in [7, 11) is 1.98. The van der Waals surface area contributed by atoms with Crippen LogP contribution in [0.4, 0.5) is 5.82 Å². The maximum Gasteiger partial charge on any atom is 0.157 e. The molecule has 0 bridgehead atoms. The number of likely N-dealkylation sites (tertiary alicyclic amines) is 1. The highest BCUT2D eigenvalue weighted by Gasteiger charge is 2.24. The highest BCUT2D eigenvalue weighted by molar-refractivity contribution is 5.48. The molecule has 7 nitrogen and oxygen atoms in total. The first-order valence-electron chi connectivity index (χ1n) is 8.84. The maximum atomic E-state index is 6.19. The molecule has 0 saturated carbocycles. The Kier molecular flexibility index (Phi) is 3.95. The van der Waals surface area contributed by atoms with Gasteiger partial charge in [0.25, 0.3) is 0 Å². The summed E-state index contributed by atoms with van der Waals surface area (Å²) in [5, 5.41) is 8.84. The van der Waals surface area contributed by atoms with Crippen molar-refractivity contribution in [2.24, 2.45) is 7.05 Å². The van der Waals surface area contributed by atoms with E-state index in [1.54, 1.807) is 4.52 Å². The molecule has 25 heavy (non-hydrogen) atoms. The van der Waals surface area contributed by atoms with Gasteiger partial charge >= 0.3 is 0 Å². The summed E-state index contributed by atoms with van der Waals surface area (Å²) in [6.07, 6.45) is 4.45. The summed E-state index contributed by atoms with van der Waals surface area (Å²) in [4.78, 5) is 7.32. The van der Waals surface area contributed by atoms with Crippen molar-refractivity contribution >= 4 is 11.5 Å². The van der Waals surface area contributed by atoms with Gasteiger partial charge in [-0.1, -0.05) is 0 Å². The van der Waals surface area contributed by atoms with Gasteiger partial charge in [0.2, 0.25) is 0 Å². The summed E-state index contributed by atoms with van der Waals surface area (Å²) in [5.74, 6) is 1.07. The molecule has 4 heterocycles. The molecule has 0 amide bonds. The number of hydrogen-bond donors (Lipinski definition) is 1. The summed E-state index contributed by atoms with van der Waals surface area (Å²) < 4.78 is 3.61. The van der Waals surface area contributed by atoms with Crippen LogP contribution in [0.3, 0.4) is 0 Å². The van der Waals surface area contributed by atoms with E-state index in [1.165, 1.54) is 12.0 Å². The zero-order chi connectivity index (χ0) is 17.6. The molecule has 1 aliphatic rings. The van der Waals surface area contributed by atoms with Crippen LogP contribution in [0.25, 0.3) is 5.65 Å². The number of piperidine rings is 1. The SMILES string of the molecule is Cc1cc2nc([C@H]3CCCN(Cc4cn(C)nc4C)C3)cc(N)n2n1. The smallest absolute Gasteiger partial charge is 0.157 e. The van der Waals surface area contributed by atoms with E-state index in [0.29, 0.717) is 11.7 Å². The molecule has 1 aliphatic heterocycles. The molecule has 0 spiro atoms. The van der Waals surface area contributed by atoms with Crippen LogP contribution in [0.2, 0.25) is 0 Å². The first kappa shape index (κ1) is 16.1. The van der Waals surface area contributed by atoms with E-state index in [2.05, 4.69) is 28.2 Å². The van der Waals surface area contributed by atoms with Gasteiger partial charge in [-0.2, -0.15) is 14.7 Å². The number of anilines is 1. The second-order valence-electron chi connectivity index (χ2n) is 7.15. The number of hydrogen-bond acceptors (Lipinski definition) is 5. The fourth-order valence-corrected chi connectivity index (χ4v) is 3.83. The molecular weight excluding hydrogens is 314 g/mol. The second-order valence-corrected chi connectivity index (χ2v) is 7.15. The van der Waals surface area contributed by atoms with Gasteiger partial charge in [-0.25, -0.2) is 4.98 Å². The Morgan fingerprint density at radius 2 is 2.08 bits per heavy atom. The average molecular weight is 339 g/mol. The predicted molar refractivity (Wildman–Crippen MR) is 97.3 cm³/mol. The average Bonchev–Trinajstić information content (AvgIpc) is 3.09. The summed E-state index contributed by atoms with van der Waals surface area (Å²) in [6.45, 7) is 7.11. The molecule has 2 N–H and O–H groups in total. The number of nitrogens with zero attached hydrogens (tertiary/aromatic N) is 6. The van der Waals surface area contributed by atoms with E-state index in [0.717, 1.165) is 48.8 Å². The number of rotatable bonds is 3. The van der Waals surface area contributed by atoms with E-state index in [-0.39, 0.29) is 0 Å². The molecule has 1 fully saturated rings. The molecular formula is C18H25N7. The molecule has 0 aromatic carbocycles. The monoisotopic (exact) mass is 339 g/mol. The Balaban J connectivity index is 1.55. The van der Waals surface area contributed by atoms with Crippen LogP contribution in [0, 0.1) is 13.8 Å². The van der Waals surface area contributed by atoms with Crippen molar-refractivity contribution in [2.45, 2.75) is 39.2 Å². The van der Waals surface area contributed by atoms with Crippen LogP contribution in [-0.4, -0.2) is 42.4 Å². The van der Waals surface area contributed by atoms with Gasteiger partial charge in [0.15, 0.2) is 5.65 Å². The normalized spacial score (nSPS) is 18.9. The van der Waals surface area contributed by atoms with Crippen molar-refractivity contribution in [1.82, 2.24) is 29.3 Å². The fourth-order valence-electron chi connectivity index (χ4n) is 3.83. The van der Waals surface area contributed by atoms with Crippen LogP contribution >= 0.6 is 0 Å². The lowest BCUT2D eigenvalue weighted by Crippen LogP contribution is -2.34.